The Morgan fingerprint density at radius 1 is 1.29 bits per heavy atom. The van der Waals surface area contributed by atoms with Gasteiger partial charge in [-0.05, 0) is 29.1 Å². The predicted octanol–water partition coefficient (Wildman–Crippen LogP) is 2.74. The Hall–Kier alpha value is -2.45. The molecule has 0 spiro atoms. The van der Waals surface area contributed by atoms with Crippen molar-refractivity contribution in [1.82, 2.24) is 0 Å². The normalized spacial score (nSPS) is 19.9. The van der Waals surface area contributed by atoms with E-state index >= 15 is 0 Å². The number of ketones is 1. The molecule has 0 aliphatic heterocycles. The second-order valence-corrected chi connectivity index (χ2v) is 5.72. The molecule has 104 valence electrons. The molecule has 0 unspecified atom stereocenters. The number of ether oxygens (including phenoxy) is 1. The molecule has 0 saturated carbocycles. The van der Waals surface area contributed by atoms with E-state index in [9.17, 15) is 9.59 Å². The zero-order valence-corrected chi connectivity index (χ0v) is 12.0. The fraction of sp³-hybridized carbons (Fsp3) is 0.188. The number of carbonyl (C=O) groups is 2. The molecule has 3 rings (SSSR count). The molecular formula is C16H11NO3S. The van der Waals surface area contributed by atoms with Crippen LogP contribution in [-0.2, 0) is 9.53 Å². The molecule has 0 N–H and O–H groups in total. The highest BCUT2D eigenvalue weighted by Gasteiger charge is 2.46. The van der Waals surface area contributed by atoms with Crippen molar-refractivity contribution in [2.45, 2.75) is 5.92 Å². The zero-order chi connectivity index (χ0) is 15.0. The van der Waals surface area contributed by atoms with E-state index in [2.05, 4.69) is 6.07 Å². The van der Waals surface area contributed by atoms with E-state index in [0.717, 1.165) is 10.4 Å². The highest BCUT2D eigenvalue weighted by molar-refractivity contribution is 7.10. The first-order valence-electron chi connectivity index (χ1n) is 6.37. The number of benzene rings is 1. The Balaban J connectivity index is 2.10. The maximum atomic E-state index is 12.4. The zero-order valence-electron chi connectivity index (χ0n) is 11.2. The molecule has 2 atom stereocenters. The smallest absolute Gasteiger partial charge is 0.317 e. The van der Waals surface area contributed by atoms with Gasteiger partial charge in [0.05, 0.1) is 18.7 Å². The van der Waals surface area contributed by atoms with Crippen molar-refractivity contribution >= 4 is 23.1 Å². The average Bonchev–Trinajstić information content (AvgIpc) is 3.09. The number of fused-ring (bicyclic) bond motifs is 1. The molecule has 2 aromatic rings. The number of Topliss-reactive ketones (excluding diaryl/α,β-unsaturated/α-hetero) is 1. The molecule has 1 heterocycles. The van der Waals surface area contributed by atoms with Gasteiger partial charge in [0.25, 0.3) is 0 Å². The van der Waals surface area contributed by atoms with Gasteiger partial charge in [-0.25, -0.2) is 0 Å². The van der Waals surface area contributed by atoms with Crippen LogP contribution in [0.5, 0.6) is 0 Å². The van der Waals surface area contributed by atoms with Gasteiger partial charge in [-0.15, -0.1) is 11.3 Å². The summed E-state index contributed by atoms with van der Waals surface area (Å²) in [6.07, 6.45) is 0. The van der Waals surface area contributed by atoms with Gasteiger partial charge < -0.3 is 4.74 Å². The van der Waals surface area contributed by atoms with Crippen LogP contribution in [0.4, 0.5) is 0 Å². The van der Waals surface area contributed by atoms with Gasteiger partial charge >= 0.3 is 5.97 Å². The summed E-state index contributed by atoms with van der Waals surface area (Å²) < 4.78 is 4.79. The second-order valence-electron chi connectivity index (χ2n) is 4.78. The summed E-state index contributed by atoms with van der Waals surface area (Å²) in [5.41, 5.74) is 1.99. The minimum absolute atomic E-state index is 0.188. The Morgan fingerprint density at radius 2 is 2.00 bits per heavy atom. The summed E-state index contributed by atoms with van der Waals surface area (Å²) in [4.78, 5) is 25.3. The summed E-state index contributed by atoms with van der Waals surface area (Å²) in [5, 5.41) is 10.7. The molecule has 0 bridgehead atoms. The van der Waals surface area contributed by atoms with Crippen LogP contribution < -0.4 is 0 Å². The van der Waals surface area contributed by atoms with E-state index in [1.807, 2.05) is 5.38 Å². The molecule has 0 saturated heterocycles. The van der Waals surface area contributed by atoms with Crippen LogP contribution >= 0.6 is 11.3 Å². The number of rotatable bonds is 2. The van der Waals surface area contributed by atoms with Crippen molar-refractivity contribution in [2.75, 3.05) is 7.11 Å². The van der Waals surface area contributed by atoms with E-state index in [4.69, 9.17) is 10.00 Å². The Labute approximate surface area is 125 Å². The van der Waals surface area contributed by atoms with E-state index in [1.165, 1.54) is 18.4 Å². The molecule has 5 heteroatoms. The van der Waals surface area contributed by atoms with E-state index in [0.29, 0.717) is 11.1 Å². The van der Waals surface area contributed by atoms with Gasteiger partial charge in [0.2, 0.25) is 0 Å². The van der Waals surface area contributed by atoms with Crippen LogP contribution in [0.15, 0.2) is 35.7 Å². The Morgan fingerprint density at radius 3 is 2.62 bits per heavy atom. The predicted molar refractivity (Wildman–Crippen MR) is 77.2 cm³/mol. The standard InChI is InChI=1S/C16H11NO3S/c1-20-16(19)13-12(10-4-2-9(8-17)3-5-10)15-11(14(13)18)6-7-21-15/h2-7,12-13H,1H3/t12-,13-/m0/s1. The fourth-order valence-corrected chi connectivity index (χ4v) is 3.78. The first kappa shape index (κ1) is 13.5. The van der Waals surface area contributed by atoms with Crippen LogP contribution in [0.25, 0.3) is 0 Å². The minimum Gasteiger partial charge on any atom is -0.468 e. The summed E-state index contributed by atoms with van der Waals surface area (Å²) in [6, 6.07) is 10.8. The number of methoxy groups -OCH3 is 1. The number of esters is 1. The van der Waals surface area contributed by atoms with E-state index in [-0.39, 0.29) is 11.7 Å². The number of carbonyl (C=O) groups excluding carboxylic acids is 2. The molecule has 0 radical (unpaired) electrons. The lowest BCUT2D eigenvalue weighted by atomic mass is 9.88. The summed E-state index contributed by atoms with van der Waals surface area (Å²) >= 11 is 1.47. The van der Waals surface area contributed by atoms with E-state index < -0.39 is 11.9 Å². The Bertz CT molecular complexity index is 755. The van der Waals surface area contributed by atoms with E-state index in [1.54, 1.807) is 30.3 Å². The molecule has 1 aromatic heterocycles. The molecule has 1 aliphatic rings. The van der Waals surface area contributed by atoms with Crippen molar-refractivity contribution in [2.24, 2.45) is 5.92 Å². The summed E-state index contributed by atoms with van der Waals surface area (Å²) in [6.45, 7) is 0. The number of nitriles is 1. The van der Waals surface area contributed by atoms with Gasteiger partial charge in [0, 0.05) is 16.4 Å². The van der Waals surface area contributed by atoms with Crippen LogP contribution in [0.3, 0.4) is 0 Å². The Kier molecular flexibility index (Phi) is 3.32. The van der Waals surface area contributed by atoms with Crippen molar-refractivity contribution in [3.8, 4) is 6.07 Å². The third kappa shape index (κ3) is 2.05. The van der Waals surface area contributed by atoms with Crippen molar-refractivity contribution < 1.29 is 14.3 Å². The highest BCUT2D eigenvalue weighted by Crippen LogP contribution is 2.45. The lowest BCUT2D eigenvalue weighted by Crippen LogP contribution is -2.26. The maximum absolute atomic E-state index is 12.4. The van der Waals surface area contributed by atoms with Crippen LogP contribution in [0.2, 0.25) is 0 Å². The third-order valence-corrected chi connectivity index (χ3v) is 4.71. The largest absolute Gasteiger partial charge is 0.468 e. The van der Waals surface area contributed by atoms with Crippen molar-refractivity contribution in [1.29, 1.82) is 5.26 Å². The van der Waals surface area contributed by atoms with Crippen molar-refractivity contribution in [3.63, 3.8) is 0 Å². The lowest BCUT2D eigenvalue weighted by Gasteiger charge is -2.17. The molecule has 0 amide bonds. The van der Waals surface area contributed by atoms with Crippen LogP contribution in [-0.4, -0.2) is 18.9 Å². The van der Waals surface area contributed by atoms with Gasteiger partial charge in [-0.3, -0.25) is 9.59 Å². The average molecular weight is 297 g/mol. The van der Waals surface area contributed by atoms with Crippen LogP contribution in [0, 0.1) is 17.2 Å². The SMILES string of the molecule is COC(=O)[C@@H]1C(=O)c2ccsc2[C@H]1c1ccc(C#N)cc1. The number of thiophene rings is 1. The summed E-state index contributed by atoms with van der Waals surface area (Å²) in [7, 11) is 1.29. The van der Waals surface area contributed by atoms with Crippen molar-refractivity contribution in [3.05, 3.63) is 57.3 Å². The third-order valence-electron chi connectivity index (χ3n) is 3.71. The number of hydrogen-bond acceptors (Lipinski definition) is 5. The number of hydrogen-bond donors (Lipinski definition) is 0. The lowest BCUT2D eigenvalue weighted by molar-refractivity contribution is -0.143. The minimum atomic E-state index is -0.828. The highest BCUT2D eigenvalue weighted by atomic mass is 32.1. The summed E-state index contributed by atoms with van der Waals surface area (Å²) in [5.74, 6) is -1.86. The van der Waals surface area contributed by atoms with Gasteiger partial charge in [-0.1, -0.05) is 12.1 Å². The molecule has 1 aliphatic carbocycles. The first-order chi connectivity index (χ1) is 10.2. The topological polar surface area (TPSA) is 67.2 Å². The molecule has 21 heavy (non-hydrogen) atoms. The van der Waals surface area contributed by atoms with Crippen LogP contribution in [0.1, 0.15) is 32.3 Å². The van der Waals surface area contributed by atoms with Gasteiger partial charge in [0.15, 0.2) is 5.78 Å². The first-order valence-corrected chi connectivity index (χ1v) is 7.25. The van der Waals surface area contributed by atoms with Gasteiger partial charge in [-0.2, -0.15) is 5.26 Å². The molecule has 0 fully saturated rings. The molecular weight excluding hydrogens is 286 g/mol. The fourth-order valence-electron chi connectivity index (χ4n) is 2.71. The number of nitrogens with zero attached hydrogens (tertiary/aromatic N) is 1. The quantitative estimate of drug-likeness (QED) is 0.631. The monoisotopic (exact) mass is 297 g/mol. The van der Waals surface area contributed by atoms with Gasteiger partial charge in [0.1, 0.15) is 5.92 Å². The molecule has 1 aromatic carbocycles. The second kappa shape index (κ2) is 5.15. The molecule has 4 nitrogen and oxygen atoms in total. The maximum Gasteiger partial charge on any atom is 0.317 e.